The molecule has 1 saturated heterocycles. The van der Waals surface area contributed by atoms with E-state index in [0.29, 0.717) is 37.5 Å². The predicted molar refractivity (Wildman–Crippen MR) is 161 cm³/mol. The van der Waals surface area contributed by atoms with Crippen LogP contribution in [-0.4, -0.2) is 74.1 Å². The van der Waals surface area contributed by atoms with Gasteiger partial charge in [0.1, 0.15) is 28.9 Å². The predicted octanol–water partition coefficient (Wildman–Crippen LogP) is 4.11. The first-order valence-electron chi connectivity index (χ1n) is 14.4. The number of piperidine rings is 1. The number of halogens is 2. The van der Waals surface area contributed by atoms with Gasteiger partial charge >= 0.3 is 6.09 Å². The number of carbonyl (C=O) groups excluding carboxylic acids is 2. The summed E-state index contributed by atoms with van der Waals surface area (Å²) >= 11 is 1.03. The molecule has 1 fully saturated rings. The van der Waals surface area contributed by atoms with Crippen molar-refractivity contribution in [2.24, 2.45) is 0 Å². The number of hydrogen-bond donors (Lipinski definition) is 1. The molecule has 4 aromatic rings. The molecule has 0 unspecified atom stereocenters. The van der Waals surface area contributed by atoms with Gasteiger partial charge in [-0.3, -0.25) is 19.3 Å². The van der Waals surface area contributed by atoms with Crippen molar-refractivity contribution in [3.63, 3.8) is 0 Å². The van der Waals surface area contributed by atoms with Crippen LogP contribution in [0, 0.1) is 11.6 Å². The first-order valence-corrected chi connectivity index (χ1v) is 15.2. The number of nitrogens with zero attached hydrogens (tertiary/aromatic N) is 6. The zero-order chi connectivity index (χ0) is 31.9. The molecular weight excluding hydrogens is 606 g/mol. The summed E-state index contributed by atoms with van der Waals surface area (Å²) < 4.78 is 34.5. The molecule has 0 aliphatic carbocycles. The maximum absolute atomic E-state index is 14.2. The van der Waals surface area contributed by atoms with E-state index in [9.17, 15) is 28.3 Å². The molecule has 14 heteroatoms. The summed E-state index contributed by atoms with van der Waals surface area (Å²) in [5.74, 6) is -2.65. The Morgan fingerprint density at radius 1 is 1.09 bits per heavy atom. The normalized spacial score (nSPS) is 15.8. The van der Waals surface area contributed by atoms with Crippen molar-refractivity contribution in [2.75, 3.05) is 31.7 Å². The van der Waals surface area contributed by atoms with Gasteiger partial charge in [-0.25, -0.2) is 13.6 Å². The highest BCUT2D eigenvalue weighted by Gasteiger charge is 2.51. The number of hydrogen-bond acceptors (Lipinski definition) is 9. The lowest BCUT2D eigenvalue weighted by atomic mass is 9.92. The summed E-state index contributed by atoms with van der Waals surface area (Å²) in [7, 11) is 1.76. The number of ether oxygens (including phenoxy) is 1. The van der Waals surface area contributed by atoms with E-state index < -0.39 is 40.5 Å². The van der Waals surface area contributed by atoms with Crippen molar-refractivity contribution in [3.05, 3.63) is 98.4 Å². The highest BCUT2D eigenvalue weighted by Crippen LogP contribution is 2.38. The van der Waals surface area contributed by atoms with Gasteiger partial charge in [-0.1, -0.05) is 47.7 Å². The van der Waals surface area contributed by atoms with Gasteiger partial charge in [-0.15, -0.1) is 10.2 Å². The Bertz CT molecular complexity index is 1820. The van der Waals surface area contributed by atoms with E-state index in [1.807, 2.05) is 37.3 Å². The second kappa shape index (κ2) is 11.9. The largest absolute Gasteiger partial charge is 0.502 e. The minimum Gasteiger partial charge on any atom is -0.502 e. The summed E-state index contributed by atoms with van der Waals surface area (Å²) in [5.41, 5.74) is -0.725. The number of likely N-dealkylation sites (tertiary alicyclic amines) is 1. The Labute approximate surface area is 260 Å². The highest BCUT2D eigenvalue weighted by atomic mass is 32.1. The first-order chi connectivity index (χ1) is 21.6. The van der Waals surface area contributed by atoms with Gasteiger partial charge in [0, 0.05) is 58.2 Å². The molecule has 1 spiro atoms. The zero-order valence-electron chi connectivity index (χ0n) is 24.6. The topological polar surface area (TPSA) is 121 Å². The van der Waals surface area contributed by atoms with E-state index in [4.69, 9.17) is 4.74 Å². The fourth-order valence-electron chi connectivity index (χ4n) is 6.02. The van der Waals surface area contributed by atoms with E-state index in [2.05, 4.69) is 10.2 Å². The monoisotopic (exact) mass is 636 g/mol. The number of aromatic hydroxyl groups is 1. The number of aromatic nitrogens is 3. The average molecular weight is 637 g/mol. The Balaban J connectivity index is 1.26. The van der Waals surface area contributed by atoms with Gasteiger partial charge in [0.05, 0.1) is 5.56 Å². The van der Waals surface area contributed by atoms with Crippen LogP contribution in [0.2, 0.25) is 0 Å². The van der Waals surface area contributed by atoms with Gasteiger partial charge in [0.15, 0.2) is 16.5 Å². The quantitative estimate of drug-likeness (QED) is 0.336. The van der Waals surface area contributed by atoms with Gasteiger partial charge in [0.25, 0.3) is 5.91 Å². The zero-order valence-corrected chi connectivity index (χ0v) is 25.4. The van der Waals surface area contributed by atoms with Crippen LogP contribution in [0.4, 0.5) is 13.6 Å². The minimum atomic E-state index is -0.861. The maximum atomic E-state index is 14.2. The Kier molecular flexibility index (Phi) is 7.99. The second-order valence-corrected chi connectivity index (χ2v) is 12.0. The van der Waals surface area contributed by atoms with Gasteiger partial charge in [0.2, 0.25) is 5.43 Å². The lowest BCUT2D eigenvalue weighted by Crippen LogP contribution is -2.72. The maximum Gasteiger partial charge on any atom is 0.410 e. The number of amides is 2. The number of rotatable bonds is 6. The molecule has 4 heterocycles. The highest BCUT2D eigenvalue weighted by molar-refractivity contribution is 7.14. The van der Waals surface area contributed by atoms with Crippen molar-refractivity contribution in [1.29, 1.82) is 0 Å². The Morgan fingerprint density at radius 2 is 1.82 bits per heavy atom. The van der Waals surface area contributed by atoms with Crippen LogP contribution in [0.1, 0.15) is 46.4 Å². The molecule has 11 nitrogen and oxygen atoms in total. The van der Waals surface area contributed by atoms with Gasteiger partial charge in [-0.2, -0.15) is 0 Å². The van der Waals surface area contributed by atoms with Crippen LogP contribution >= 0.6 is 11.3 Å². The lowest BCUT2D eigenvalue weighted by molar-refractivity contribution is -0.00168. The van der Waals surface area contributed by atoms with Crippen molar-refractivity contribution in [2.45, 2.75) is 38.5 Å². The molecule has 45 heavy (non-hydrogen) atoms. The number of carbonyl (C=O) groups is 2. The molecule has 0 atom stereocenters. The second-order valence-electron chi connectivity index (χ2n) is 10.9. The van der Waals surface area contributed by atoms with E-state index in [1.165, 1.54) is 16.9 Å². The van der Waals surface area contributed by atoms with Crippen LogP contribution < -0.4 is 10.4 Å². The molecule has 0 bridgehead atoms. The number of benzene rings is 2. The van der Waals surface area contributed by atoms with Crippen LogP contribution in [0.15, 0.2) is 59.5 Å². The van der Waals surface area contributed by atoms with Crippen molar-refractivity contribution in [1.82, 2.24) is 24.7 Å². The van der Waals surface area contributed by atoms with Gasteiger partial charge < -0.3 is 19.6 Å². The molecule has 0 radical (unpaired) electrons. The first kappa shape index (κ1) is 30.2. The van der Waals surface area contributed by atoms with Gasteiger partial charge in [-0.05, 0) is 24.1 Å². The third-order valence-electron chi connectivity index (χ3n) is 8.44. The molecular formula is C31H30F2N6O5S. The minimum absolute atomic E-state index is 0.0150. The summed E-state index contributed by atoms with van der Waals surface area (Å²) in [5, 5.41) is 21.6. The third kappa shape index (κ3) is 5.39. The molecule has 6 rings (SSSR count). The van der Waals surface area contributed by atoms with E-state index >= 15 is 0 Å². The van der Waals surface area contributed by atoms with Crippen molar-refractivity contribution in [3.8, 4) is 16.3 Å². The summed E-state index contributed by atoms with van der Waals surface area (Å²) in [6.45, 7) is 2.90. The molecule has 2 aliphatic heterocycles. The molecule has 234 valence electrons. The molecule has 2 aromatic heterocycles. The summed E-state index contributed by atoms with van der Waals surface area (Å²) in [6.07, 6.45) is 1.81. The molecule has 0 saturated carbocycles. The lowest BCUT2D eigenvalue weighted by Gasteiger charge is -2.56. The standard InChI is InChI=1S/C31H30F2N6O5S/c1-3-38-29(42)25-27(41)26(40)22(28-35-34-24(45-28)15-20-9-10-21(32)16-23(20)33)17-39(25)36(2)31(38)11-13-37(14-12-31)30(43)44-18-19-7-5-4-6-8-19/h4-10,16-17,41H,3,11-15,18H2,1-2H3. The summed E-state index contributed by atoms with van der Waals surface area (Å²) in [4.78, 5) is 43.2. The fraction of sp³-hybridized carbons (Fsp3) is 0.323. The van der Waals surface area contributed by atoms with Crippen LogP contribution in [0.3, 0.4) is 0 Å². The number of fused-ring (bicyclic) bond motifs is 1. The van der Waals surface area contributed by atoms with Crippen LogP contribution in [0.25, 0.3) is 10.6 Å². The SMILES string of the molecule is CCN1C(=O)c2c(O)c(=O)c(-c3nnc(Cc4ccc(F)cc4F)s3)cn2N(C)C12CCN(C(=O)OCc1ccccc1)CC2. The Morgan fingerprint density at radius 3 is 2.51 bits per heavy atom. The molecule has 2 aliphatic rings. The van der Waals surface area contributed by atoms with E-state index in [-0.39, 0.29) is 34.9 Å². The van der Waals surface area contributed by atoms with E-state index in [0.717, 1.165) is 29.0 Å². The van der Waals surface area contributed by atoms with E-state index in [1.54, 1.807) is 21.9 Å². The molecule has 2 aromatic carbocycles. The average Bonchev–Trinajstić information content (AvgIpc) is 3.50. The smallest absolute Gasteiger partial charge is 0.410 e. The van der Waals surface area contributed by atoms with Crippen molar-refractivity contribution >= 4 is 23.3 Å². The Hall–Kier alpha value is -4.85. The molecule has 1 N–H and O–H groups in total. The third-order valence-corrected chi connectivity index (χ3v) is 9.39. The van der Waals surface area contributed by atoms with Crippen LogP contribution in [-0.2, 0) is 17.8 Å². The van der Waals surface area contributed by atoms with Crippen LogP contribution in [0.5, 0.6) is 5.75 Å². The fourth-order valence-corrected chi connectivity index (χ4v) is 6.89. The summed E-state index contributed by atoms with van der Waals surface area (Å²) in [6, 6.07) is 12.6. The van der Waals surface area contributed by atoms with Crippen molar-refractivity contribution < 1.29 is 28.2 Å². The molecule has 2 amide bonds. The number of pyridine rings is 1.